The Morgan fingerprint density at radius 2 is 1.46 bits per heavy atom. The molecule has 5 aromatic rings. The van der Waals surface area contributed by atoms with E-state index in [1.165, 1.54) is 12.1 Å². The van der Waals surface area contributed by atoms with Crippen molar-refractivity contribution in [1.29, 1.82) is 0 Å². The predicted octanol–water partition coefficient (Wildman–Crippen LogP) is 7.02. The van der Waals surface area contributed by atoms with Crippen LogP contribution in [0.25, 0.3) is 22.0 Å². The lowest BCUT2D eigenvalue weighted by Gasteiger charge is -2.25. The molecular weight excluding hydrogens is 587 g/mol. The van der Waals surface area contributed by atoms with E-state index in [1.807, 2.05) is 78.9 Å². The number of H-pyrrole nitrogens is 1. The van der Waals surface area contributed by atoms with E-state index in [2.05, 4.69) is 20.9 Å². The highest BCUT2D eigenvalue weighted by molar-refractivity contribution is 5.99. The van der Waals surface area contributed by atoms with Gasteiger partial charge >= 0.3 is 12.2 Å². The van der Waals surface area contributed by atoms with Gasteiger partial charge in [0.15, 0.2) is 6.10 Å². The average molecular weight is 623 g/mol. The largest absolute Gasteiger partial charge is 0.465 e. The van der Waals surface area contributed by atoms with Gasteiger partial charge in [0.05, 0.1) is 6.04 Å². The minimum Gasteiger partial charge on any atom is -0.465 e. The fraction of sp³-hybridized carbons (Fsp3) is 0.194. The van der Waals surface area contributed by atoms with Gasteiger partial charge in [-0.25, -0.2) is 14.0 Å². The molecule has 5 N–H and O–H groups in total. The molecule has 4 aromatic carbocycles. The second-order valence-electron chi connectivity index (χ2n) is 11.0. The van der Waals surface area contributed by atoms with Crippen molar-refractivity contribution >= 4 is 29.0 Å². The van der Waals surface area contributed by atoms with Gasteiger partial charge in [0, 0.05) is 23.5 Å². The van der Waals surface area contributed by atoms with Crippen LogP contribution in [0.1, 0.15) is 47.5 Å². The van der Waals surface area contributed by atoms with Gasteiger partial charge in [-0.3, -0.25) is 4.79 Å². The Kier molecular flexibility index (Phi) is 10.3. The molecule has 2 unspecified atom stereocenters. The number of nitrogens with one attached hydrogen (secondary N) is 4. The molecule has 9 nitrogen and oxygen atoms in total. The number of hydrogen-bond acceptors (Lipinski definition) is 4. The molecule has 5 rings (SSSR count). The van der Waals surface area contributed by atoms with Crippen LogP contribution in [0.15, 0.2) is 109 Å². The summed E-state index contributed by atoms with van der Waals surface area (Å²) < 4.78 is 19.1. The van der Waals surface area contributed by atoms with E-state index < -0.39 is 36.3 Å². The molecule has 2 atom stereocenters. The first kappa shape index (κ1) is 31.8. The fourth-order valence-electron chi connectivity index (χ4n) is 5.31. The number of carbonyl (C=O) groups excluding carboxylic acids is 2. The van der Waals surface area contributed by atoms with Crippen molar-refractivity contribution in [2.45, 2.75) is 38.0 Å². The third-order valence-electron chi connectivity index (χ3n) is 7.71. The number of rotatable bonds is 12. The van der Waals surface area contributed by atoms with Crippen molar-refractivity contribution in [2.24, 2.45) is 0 Å². The fourth-order valence-corrected chi connectivity index (χ4v) is 5.31. The maximum atomic E-state index is 13.3. The number of carbonyl (C=O) groups is 3. The molecule has 0 saturated carbocycles. The Hall–Kier alpha value is -5.64. The van der Waals surface area contributed by atoms with Gasteiger partial charge in [-0.1, -0.05) is 84.9 Å². The zero-order chi connectivity index (χ0) is 32.5. The van der Waals surface area contributed by atoms with Crippen LogP contribution in [-0.2, 0) is 4.74 Å². The van der Waals surface area contributed by atoms with Crippen LogP contribution < -0.4 is 16.0 Å². The number of fused-ring (bicyclic) bond motifs is 1. The van der Waals surface area contributed by atoms with E-state index in [1.54, 1.807) is 25.1 Å². The molecule has 1 heterocycles. The third kappa shape index (κ3) is 8.29. The van der Waals surface area contributed by atoms with Crippen LogP contribution in [0, 0.1) is 5.82 Å². The predicted molar refractivity (Wildman–Crippen MR) is 174 cm³/mol. The molecule has 0 aliphatic carbocycles. The Morgan fingerprint density at radius 1 is 0.826 bits per heavy atom. The number of benzene rings is 4. The van der Waals surface area contributed by atoms with E-state index in [-0.39, 0.29) is 12.4 Å². The highest BCUT2D eigenvalue weighted by Gasteiger charge is 2.23. The molecule has 0 saturated heterocycles. The second kappa shape index (κ2) is 14.9. The van der Waals surface area contributed by atoms with Gasteiger partial charge in [0.2, 0.25) is 0 Å². The zero-order valence-corrected chi connectivity index (χ0v) is 25.2. The van der Waals surface area contributed by atoms with Crippen molar-refractivity contribution in [3.63, 3.8) is 0 Å². The monoisotopic (exact) mass is 622 g/mol. The Labute approximate surface area is 265 Å². The normalized spacial score (nSPS) is 12.3. The van der Waals surface area contributed by atoms with E-state index in [4.69, 9.17) is 4.74 Å². The smallest absolute Gasteiger partial charge is 0.408 e. The molecule has 236 valence electrons. The lowest BCUT2D eigenvalue weighted by atomic mass is 10.0. The topological polar surface area (TPSA) is 133 Å². The number of carboxylic acid groups (broad SMARTS) is 1. The lowest BCUT2D eigenvalue weighted by Crippen LogP contribution is -2.50. The number of hydrogen-bond donors (Lipinski definition) is 5. The minimum atomic E-state index is -1.22. The standard InChI is InChI=1S/C36H35FN4O5/c1-23(39-34(42)32-22-28-15-14-27(21-31(28)40-32)24-16-18-29(37)19-17-24)30(41-35(43)44)13-8-20-38-36(45)46-33(25-9-4-2-5-10-25)26-11-6-3-7-12-26/h2-7,9-12,14-19,21-23,30,33,40-41H,8,13,20H2,1H3,(H,38,45)(H,39,42)(H,43,44). The van der Waals surface area contributed by atoms with E-state index >= 15 is 0 Å². The minimum absolute atomic E-state index is 0.242. The summed E-state index contributed by atoms with van der Waals surface area (Å²) in [6.45, 7) is 1.96. The number of ether oxygens (including phenoxy) is 1. The molecule has 0 fully saturated rings. The summed E-state index contributed by atoms with van der Waals surface area (Å²) >= 11 is 0. The summed E-state index contributed by atoms with van der Waals surface area (Å²) in [6, 6.07) is 31.3. The van der Waals surface area contributed by atoms with Gasteiger partial charge in [-0.05, 0) is 66.3 Å². The van der Waals surface area contributed by atoms with Crippen molar-refractivity contribution in [3.05, 3.63) is 132 Å². The quantitative estimate of drug-likeness (QED) is 0.0954. The summed E-state index contributed by atoms with van der Waals surface area (Å²) in [4.78, 5) is 40.5. The SMILES string of the molecule is CC(NC(=O)c1cc2ccc(-c3ccc(F)cc3)cc2[nH]1)C(CCCNC(=O)OC(c1ccccc1)c1ccccc1)NC(=O)O. The van der Waals surface area contributed by atoms with Crippen LogP contribution in [0.4, 0.5) is 14.0 Å². The highest BCUT2D eigenvalue weighted by Crippen LogP contribution is 2.27. The number of alkyl carbamates (subject to hydrolysis) is 1. The maximum Gasteiger partial charge on any atom is 0.408 e. The molecule has 0 radical (unpaired) electrons. The van der Waals surface area contributed by atoms with E-state index in [0.717, 1.165) is 33.2 Å². The number of amides is 3. The molecule has 3 amide bonds. The summed E-state index contributed by atoms with van der Waals surface area (Å²) in [5.41, 5.74) is 4.44. The summed E-state index contributed by atoms with van der Waals surface area (Å²) in [5, 5.41) is 18.4. The van der Waals surface area contributed by atoms with Crippen molar-refractivity contribution in [2.75, 3.05) is 6.54 Å². The van der Waals surface area contributed by atoms with Crippen molar-refractivity contribution in [1.82, 2.24) is 20.9 Å². The van der Waals surface area contributed by atoms with Crippen molar-refractivity contribution < 1.29 is 28.6 Å². The van der Waals surface area contributed by atoms with Gasteiger partial charge in [-0.2, -0.15) is 0 Å². The average Bonchev–Trinajstić information content (AvgIpc) is 3.50. The summed E-state index contributed by atoms with van der Waals surface area (Å²) in [5.74, 6) is -0.707. The molecule has 0 spiro atoms. The van der Waals surface area contributed by atoms with Crippen LogP contribution in [-0.4, -0.2) is 46.8 Å². The van der Waals surface area contributed by atoms with Crippen LogP contribution >= 0.6 is 0 Å². The Bertz CT molecular complexity index is 1740. The van der Waals surface area contributed by atoms with Crippen LogP contribution in [0.5, 0.6) is 0 Å². The highest BCUT2D eigenvalue weighted by atomic mass is 19.1. The molecule has 0 aliphatic rings. The van der Waals surface area contributed by atoms with E-state index in [0.29, 0.717) is 18.5 Å². The van der Waals surface area contributed by atoms with E-state index in [9.17, 15) is 23.9 Å². The van der Waals surface area contributed by atoms with Crippen LogP contribution in [0.2, 0.25) is 0 Å². The number of halogens is 1. The Morgan fingerprint density at radius 3 is 2.09 bits per heavy atom. The molecule has 0 bridgehead atoms. The van der Waals surface area contributed by atoms with Crippen molar-refractivity contribution in [3.8, 4) is 11.1 Å². The van der Waals surface area contributed by atoms with Gasteiger partial charge < -0.3 is 30.8 Å². The first-order chi connectivity index (χ1) is 22.3. The molecule has 0 aliphatic heterocycles. The maximum absolute atomic E-state index is 13.3. The molecule has 1 aromatic heterocycles. The number of aromatic amines is 1. The first-order valence-corrected chi connectivity index (χ1v) is 15.0. The van der Waals surface area contributed by atoms with Gasteiger partial charge in [0.1, 0.15) is 11.5 Å². The summed E-state index contributed by atoms with van der Waals surface area (Å²) in [6.07, 6.45) is -1.62. The second-order valence-corrected chi connectivity index (χ2v) is 11.0. The first-order valence-electron chi connectivity index (χ1n) is 15.0. The summed E-state index contributed by atoms with van der Waals surface area (Å²) in [7, 11) is 0. The molecule has 46 heavy (non-hydrogen) atoms. The van der Waals surface area contributed by atoms with Gasteiger partial charge in [-0.15, -0.1) is 0 Å². The van der Waals surface area contributed by atoms with Gasteiger partial charge in [0.25, 0.3) is 5.91 Å². The van der Waals surface area contributed by atoms with Crippen LogP contribution in [0.3, 0.4) is 0 Å². The molecular formula is C36H35FN4O5. The lowest BCUT2D eigenvalue weighted by molar-refractivity contribution is 0.0924. The third-order valence-corrected chi connectivity index (χ3v) is 7.71. The number of aromatic nitrogens is 1. The zero-order valence-electron chi connectivity index (χ0n) is 25.2. The molecule has 10 heteroatoms. The Balaban J connectivity index is 1.16.